The first-order chi connectivity index (χ1) is 15.0. The van der Waals surface area contributed by atoms with Crippen LogP contribution in [0.3, 0.4) is 0 Å². The van der Waals surface area contributed by atoms with Gasteiger partial charge in [-0.3, -0.25) is 9.59 Å². The van der Waals surface area contributed by atoms with E-state index < -0.39 is 0 Å². The molecule has 2 aromatic rings. The number of carbonyl (C=O) groups excluding carboxylic acids is 2. The maximum Gasteiger partial charge on any atom is 0.279 e. The third-order valence-electron chi connectivity index (χ3n) is 5.81. The smallest absolute Gasteiger partial charge is 0.279 e. The number of aryl methyl sites for hydroxylation is 1. The van der Waals surface area contributed by atoms with Gasteiger partial charge in [-0.2, -0.15) is 0 Å². The minimum absolute atomic E-state index is 0.0594. The lowest BCUT2D eigenvalue weighted by atomic mass is 10.1. The van der Waals surface area contributed by atoms with Crippen LogP contribution in [0.5, 0.6) is 0 Å². The van der Waals surface area contributed by atoms with Crippen molar-refractivity contribution in [1.29, 1.82) is 0 Å². The van der Waals surface area contributed by atoms with Gasteiger partial charge in [0.1, 0.15) is 12.4 Å². The van der Waals surface area contributed by atoms with Crippen molar-refractivity contribution in [1.82, 2.24) is 4.90 Å². The Bertz CT molecular complexity index is 897. The summed E-state index contributed by atoms with van der Waals surface area (Å²) in [6.45, 7) is 6.13. The predicted molar refractivity (Wildman–Crippen MR) is 118 cm³/mol. The van der Waals surface area contributed by atoms with Crippen LogP contribution >= 0.6 is 0 Å². The summed E-state index contributed by atoms with van der Waals surface area (Å²) in [4.78, 5) is 29.1. The van der Waals surface area contributed by atoms with Gasteiger partial charge in [0.15, 0.2) is 13.1 Å². The summed E-state index contributed by atoms with van der Waals surface area (Å²) >= 11 is 0. The summed E-state index contributed by atoms with van der Waals surface area (Å²) in [6, 6.07) is 14.6. The molecule has 31 heavy (non-hydrogen) atoms. The molecule has 166 valence electrons. The van der Waals surface area contributed by atoms with E-state index in [4.69, 9.17) is 0 Å². The van der Waals surface area contributed by atoms with E-state index >= 15 is 0 Å². The fourth-order valence-corrected chi connectivity index (χ4v) is 4.01. The number of anilines is 1. The van der Waals surface area contributed by atoms with Crippen LogP contribution < -0.4 is 15.1 Å². The Labute approximate surface area is 183 Å². The first-order valence-electron chi connectivity index (χ1n) is 11.0. The van der Waals surface area contributed by atoms with Crippen LogP contribution in [0.1, 0.15) is 18.1 Å². The van der Waals surface area contributed by atoms with E-state index in [1.807, 2.05) is 48.3 Å². The number of hydrogen-bond donors (Lipinski definition) is 3. The molecule has 1 saturated heterocycles. The predicted octanol–water partition coefficient (Wildman–Crippen LogP) is -0.231. The quantitative estimate of drug-likeness (QED) is 0.544. The van der Waals surface area contributed by atoms with Crippen molar-refractivity contribution in [3.8, 4) is 0 Å². The second kappa shape index (κ2) is 11.0. The lowest BCUT2D eigenvalue weighted by Crippen LogP contribution is -3.14. The van der Waals surface area contributed by atoms with Crippen molar-refractivity contribution in [2.45, 2.75) is 19.9 Å². The van der Waals surface area contributed by atoms with Crippen molar-refractivity contribution in [2.75, 3.05) is 51.6 Å². The Morgan fingerprint density at radius 1 is 1.03 bits per heavy atom. The fourth-order valence-electron chi connectivity index (χ4n) is 4.01. The van der Waals surface area contributed by atoms with Crippen LogP contribution in [0.25, 0.3) is 0 Å². The number of piperazine rings is 1. The summed E-state index contributed by atoms with van der Waals surface area (Å²) in [5, 5.41) is 2.96. The van der Waals surface area contributed by atoms with Crippen molar-refractivity contribution in [2.24, 2.45) is 0 Å². The van der Waals surface area contributed by atoms with Gasteiger partial charge in [-0.05, 0) is 24.1 Å². The van der Waals surface area contributed by atoms with Gasteiger partial charge in [-0.15, -0.1) is 0 Å². The van der Waals surface area contributed by atoms with Crippen molar-refractivity contribution in [3.05, 3.63) is 65.5 Å². The molecule has 0 bridgehead atoms. The van der Waals surface area contributed by atoms with Gasteiger partial charge in [0, 0.05) is 11.3 Å². The number of para-hydroxylation sites is 1. The van der Waals surface area contributed by atoms with Crippen LogP contribution in [-0.2, 0) is 22.6 Å². The van der Waals surface area contributed by atoms with Crippen LogP contribution in [0.15, 0.2) is 48.5 Å². The number of likely N-dealkylation sites (N-methyl/N-ethyl adjacent to an activating group) is 1. The van der Waals surface area contributed by atoms with Gasteiger partial charge in [-0.25, -0.2) is 4.39 Å². The molecule has 0 spiro atoms. The molecule has 1 heterocycles. The maximum atomic E-state index is 13.9. The van der Waals surface area contributed by atoms with E-state index in [1.165, 1.54) is 11.0 Å². The van der Waals surface area contributed by atoms with E-state index in [0.717, 1.165) is 41.2 Å². The average molecular weight is 429 g/mol. The Balaban J connectivity index is 1.42. The summed E-state index contributed by atoms with van der Waals surface area (Å²) < 4.78 is 13.9. The van der Waals surface area contributed by atoms with E-state index in [1.54, 1.807) is 6.07 Å². The van der Waals surface area contributed by atoms with Gasteiger partial charge in [-0.1, -0.05) is 43.3 Å². The lowest BCUT2D eigenvalue weighted by molar-refractivity contribution is -0.918. The summed E-state index contributed by atoms with van der Waals surface area (Å²) in [6.07, 6.45) is 0.850. The van der Waals surface area contributed by atoms with Gasteiger partial charge in [0.2, 0.25) is 0 Å². The number of carbonyl (C=O) groups is 2. The maximum absolute atomic E-state index is 13.9. The summed E-state index contributed by atoms with van der Waals surface area (Å²) in [5.74, 6) is -0.201. The summed E-state index contributed by atoms with van der Waals surface area (Å²) in [5.41, 5.74) is 2.65. The first-order valence-corrected chi connectivity index (χ1v) is 11.0. The van der Waals surface area contributed by atoms with Crippen LogP contribution in [-0.4, -0.2) is 63.0 Å². The van der Waals surface area contributed by atoms with Crippen LogP contribution in [0, 0.1) is 5.82 Å². The van der Waals surface area contributed by atoms with Crippen LogP contribution in [0.2, 0.25) is 0 Å². The highest BCUT2D eigenvalue weighted by Crippen LogP contribution is 2.14. The van der Waals surface area contributed by atoms with E-state index in [-0.39, 0.29) is 30.7 Å². The molecule has 0 aromatic heterocycles. The number of amides is 2. The second-order valence-electron chi connectivity index (χ2n) is 8.27. The van der Waals surface area contributed by atoms with Crippen LogP contribution in [0.4, 0.5) is 10.1 Å². The Morgan fingerprint density at radius 3 is 2.35 bits per heavy atom. The SMILES string of the molecule is CCc1ccccc1NC(=O)C[NH+](C)CC(=O)N1CC[NH+](Cc2ccccc2F)CC1. The molecule has 7 heteroatoms. The molecule has 1 aliphatic rings. The van der Waals surface area contributed by atoms with Gasteiger partial charge >= 0.3 is 0 Å². The monoisotopic (exact) mass is 428 g/mol. The van der Waals surface area contributed by atoms with E-state index in [9.17, 15) is 14.0 Å². The topological polar surface area (TPSA) is 58.3 Å². The first kappa shape index (κ1) is 22.9. The third-order valence-corrected chi connectivity index (χ3v) is 5.81. The Morgan fingerprint density at radius 2 is 1.68 bits per heavy atom. The number of nitrogens with one attached hydrogen (secondary N) is 3. The molecule has 6 nitrogen and oxygen atoms in total. The Hall–Kier alpha value is -2.77. The largest absolute Gasteiger partial charge is 0.328 e. The highest BCUT2D eigenvalue weighted by molar-refractivity contribution is 5.92. The van der Waals surface area contributed by atoms with Gasteiger partial charge in [0.05, 0.1) is 33.2 Å². The second-order valence-corrected chi connectivity index (χ2v) is 8.27. The molecular weight excluding hydrogens is 395 g/mol. The molecule has 3 rings (SSSR count). The molecule has 2 amide bonds. The highest BCUT2D eigenvalue weighted by Gasteiger charge is 2.26. The van der Waals surface area contributed by atoms with Crippen molar-refractivity contribution < 1.29 is 23.8 Å². The summed E-state index contributed by atoms with van der Waals surface area (Å²) in [7, 11) is 1.86. The zero-order chi connectivity index (χ0) is 22.2. The number of nitrogens with zero attached hydrogens (tertiary/aromatic N) is 1. The van der Waals surface area contributed by atoms with E-state index in [0.29, 0.717) is 19.6 Å². The normalized spacial score (nSPS) is 15.5. The fraction of sp³-hybridized carbons (Fsp3) is 0.417. The number of rotatable bonds is 8. The molecule has 1 aliphatic heterocycles. The number of hydrogen-bond acceptors (Lipinski definition) is 2. The van der Waals surface area contributed by atoms with E-state index in [2.05, 4.69) is 12.2 Å². The third kappa shape index (κ3) is 6.60. The lowest BCUT2D eigenvalue weighted by Gasteiger charge is -2.32. The van der Waals surface area contributed by atoms with Gasteiger partial charge < -0.3 is 20.0 Å². The molecule has 1 fully saturated rings. The highest BCUT2D eigenvalue weighted by atomic mass is 19.1. The molecule has 1 atom stereocenters. The average Bonchev–Trinajstić information content (AvgIpc) is 2.76. The minimum atomic E-state index is -0.168. The zero-order valence-corrected chi connectivity index (χ0v) is 18.4. The standard InChI is InChI=1S/C24H31FN4O2/c1-3-19-8-5-7-11-22(19)26-23(30)17-27(2)18-24(31)29-14-12-28(13-15-29)16-20-9-4-6-10-21(20)25/h4-11H,3,12-18H2,1-2H3,(H,26,30)/p+2. The number of quaternary nitrogens is 2. The molecule has 3 N–H and O–H groups in total. The zero-order valence-electron chi connectivity index (χ0n) is 18.4. The van der Waals surface area contributed by atoms with Gasteiger partial charge in [0.25, 0.3) is 11.8 Å². The minimum Gasteiger partial charge on any atom is -0.328 e. The Kier molecular flexibility index (Phi) is 8.14. The molecule has 1 unspecified atom stereocenters. The molecule has 0 aliphatic carbocycles. The molecule has 2 aromatic carbocycles. The number of halogens is 1. The number of benzene rings is 2. The van der Waals surface area contributed by atoms with Crippen molar-refractivity contribution >= 4 is 17.5 Å². The molecular formula is C24H33FN4O2+2. The molecule has 0 radical (unpaired) electrons. The van der Waals surface area contributed by atoms with Crippen molar-refractivity contribution in [3.63, 3.8) is 0 Å². The molecule has 0 saturated carbocycles.